The first-order valence-corrected chi connectivity index (χ1v) is 8.52. The number of aliphatic hydroxyl groups is 1. The molecule has 1 aliphatic heterocycles. The second kappa shape index (κ2) is 6.91. The zero-order chi connectivity index (χ0) is 17.1. The minimum absolute atomic E-state index is 0.0774. The van der Waals surface area contributed by atoms with Crippen molar-refractivity contribution in [2.45, 2.75) is 19.1 Å². The van der Waals surface area contributed by atoms with Crippen LogP contribution in [0.25, 0.3) is 0 Å². The van der Waals surface area contributed by atoms with Crippen LogP contribution in [0.5, 0.6) is 0 Å². The number of hydrogen-bond donors (Lipinski definition) is 1. The van der Waals surface area contributed by atoms with Crippen LogP contribution in [0.1, 0.15) is 23.6 Å². The lowest BCUT2D eigenvalue weighted by Gasteiger charge is -2.44. The van der Waals surface area contributed by atoms with Crippen molar-refractivity contribution in [3.63, 3.8) is 0 Å². The smallest absolute Gasteiger partial charge is 0.112 e. The van der Waals surface area contributed by atoms with Crippen LogP contribution >= 0.6 is 0 Å². The Hall–Kier alpha value is -2.91. The summed E-state index contributed by atoms with van der Waals surface area (Å²) >= 11 is 0. The fourth-order valence-corrected chi connectivity index (χ4v) is 3.21. The van der Waals surface area contributed by atoms with Gasteiger partial charge in [0.25, 0.3) is 0 Å². The number of amidine groups is 1. The van der Waals surface area contributed by atoms with Gasteiger partial charge in [-0.25, -0.2) is 4.99 Å². The molecule has 3 aromatic carbocycles. The van der Waals surface area contributed by atoms with Crippen LogP contribution in [0.2, 0.25) is 0 Å². The number of nitrogens with zero attached hydrogens (tertiary/aromatic N) is 2. The number of para-hydroxylation sites is 2. The third-order valence-corrected chi connectivity index (χ3v) is 4.56. The van der Waals surface area contributed by atoms with E-state index in [1.165, 1.54) is 5.56 Å². The summed E-state index contributed by atoms with van der Waals surface area (Å²) in [4.78, 5) is 7.13. The molecule has 1 saturated heterocycles. The molecule has 3 nitrogen and oxygen atoms in total. The third kappa shape index (κ3) is 3.19. The molecule has 3 aromatic rings. The molecule has 0 saturated carbocycles. The predicted molar refractivity (Wildman–Crippen MR) is 102 cm³/mol. The van der Waals surface area contributed by atoms with Crippen LogP contribution in [0.3, 0.4) is 0 Å². The summed E-state index contributed by atoms with van der Waals surface area (Å²) in [6, 6.07) is 28.9. The van der Waals surface area contributed by atoms with E-state index < -0.39 is 0 Å². The van der Waals surface area contributed by atoms with Crippen LogP contribution in [0, 0.1) is 0 Å². The van der Waals surface area contributed by atoms with Gasteiger partial charge in [0.1, 0.15) is 5.84 Å². The zero-order valence-corrected chi connectivity index (χ0v) is 13.9. The minimum atomic E-state index is 0.0774. The monoisotopic (exact) mass is 328 g/mol. The lowest BCUT2D eigenvalue weighted by atomic mass is 9.91. The molecule has 1 fully saturated rings. The normalized spacial score (nSPS) is 18.2. The Balaban J connectivity index is 1.67. The van der Waals surface area contributed by atoms with Crippen molar-refractivity contribution in [1.82, 2.24) is 0 Å². The third-order valence-electron chi connectivity index (χ3n) is 4.56. The fourth-order valence-electron chi connectivity index (χ4n) is 3.21. The number of benzene rings is 3. The quantitative estimate of drug-likeness (QED) is 0.742. The van der Waals surface area contributed by atoms with E-state index in [9.17, 15) is 5.11 Å². The van der Waals surface area contributed by atoms with Gasteiger partial charge in [-0.1, -0.05) is 60.7 Å². The highest BCUT2D eigenvalue weighted by Gasteiger charge is 2.36. The summed E-state index contributed by atoms with van der Waals surface area (Å²) in [5, 5.41) is 9.24. The first kappa shape index (κ1) is 15.6. The zero-order valence-electron chi connectivity index (χ0n) is 13.9. The molecule has 25 heavy (non-hydrogen) atoms. The van der Waals surface area contributed by atoms with E-state index in [4.69, 9.17) is 4.99 Å². The van der Waals surface area contributed by atoms with Gasteiger partial charge >= 0.3 is 0 Å². The summed E-state index contributed by atoms with van der Waals surface area (Å²) in [6.45, 7) is 0.0774. The standard InChI is InChI=1S/C22H20N2O/c25-16-17-11-13-18(14-12-17)21-15-22(23-19-7-3-1-4-8-19)24(21)20-9-5-2-6-10-20/h1-14,21,25H,15-16H2. The molecule has 1 atom stereocenters. The Bertz CT molecular complexity index is 858. The number of rotatable bonds is 4. The van der Waals surface area contributed by atoms with Gasteiger partial charge in [-0.3, -0.25) is 0 Å². The largest absolute Gasteiger partial charge is 0.392 e. The Morgan fingerprint density at radius 1 is 0.840 bits per heavy atom. The number of aliphatic imine (C=N–C) groups is 1. The van der Waals surface area contributed by atoms with Gasteiger partial charge in [-0.05, 0) is 35.4 Å². The van der Waals surface area contributed by atoms with Crippen molar-refractivity contribution < 1.29 is 5.11 Å². The van der Waals surface area contributed by atoms with Crippen LogP contribution in [0.4, 0.5) is 11.4 Å². The van der Waals surface area contributed by atoms with Crippen molar-refractivity contribution in [1.29, 1.82) is 0 Å². The molecule has 1 unspecified atom stereocenters. The molecule has 1 N–H and O–H groups in total. The highest BCUT2D eigenvalue weighted by atomic mass is 16.3. The molecule has 4 rings (SSSR count). The van der Waals surface area contributed by atoms with E-state index in [0.717, 1.165) is 29.2 Å². The van der Waals surface area contributed by atoms with Gasteiger partial charge in [0.15, 0.2) is 0 Å². The maximum absolute atomic E-state index is 9.24. The number of anilines is 1. The summed E-state index contributed by atoms with van der Waals surface area (Å²) in [5.74, 6) is 1.08. The van der Waals surface area contributed by atoms with E-state index in [1.807, 2.05) is 48.5 Å². The lowest BCUT2D eigenvalue weighted by molar-refractivity contribution is 0.282. The van der Waals surface area contributed by atoms with Crippen molar-refractivity contribution in [2.75, 3.05) is 4.90 Å². The molecular formula is C22H20N2O. The summed E-state index contributed by atoms with van der Waals surface area (Å²) in [5.41, 5.74) is 4.31. The van der Waals surface area contributed by atoms with Crippen molar-refractivity contribution >= 4 is 17.2 Å². The number of hydrogen-bond acceptors (Lipinski definition) is 2. The van der Waals surface area contributed by atoms with Crippen molar-refractivity contribution in [3.05, 3.63) is 96.1 Å². The first-order chi connectivity index (χ1) is 12.3. The highest BCUT2D eigenvalue weighted by molar-refractivity contribution is 6.06. The van der Waals surface area contributed by atoms with Gasteiger partial charge in [0.05, 0.1) is 18.3 Å². The molecule has 0 bridgehead atoms. The van der Waals surface area contributed by atoms with Gasteiger partial charge < -0.3 is 10.0 Å². The van der Waals surface area contributed by atoms with E-state index in [-0.39, 0.29) is 12.6 Å². The Morgan fingerprint density at radius 3 is 2.12 bits per heavy atom. The van der Waals surface area contributed by atoms with E-state index in [0.29, 0.717) is 0 Å². The maximum Gasteiger partial charge on any atom is 0.112 e. The Morgan fingerprint density at radius 2 is 1.48 bits per heavy atom. The van der Waals surface area contributed by atoms with Gasteiger partial charge in [0, 0.05) is 12.1 Å². The maximum atomic E-state index is 9.24. The molecular weight excluding hydrogens is 308 g/mol. The molecule has 124 valence electrons. The molecule has 1 aliphatic rings. The van der Waals surface area contributed by atoms with Crippen molar-refractivity contribution in [2.24, 2.45) is 4.99 Å². The number of aliphatic hydroxyl groups excluding tert-OH is 1. The Kier molecular flexibility index (Phi) is 4.32. The van der Waals surface area contributed by atoms with Gasteiger partial charge in [0.2, 0.25) is 0 Å². The fraction of sp³-hybridized carbons (Fsp3) is 0.136. The molecule has 3 heteroatoms. The summed E-state index contributed by atoms with van der Waals surface area (Å²) in [7, 11) is 0. The SMILES string of the molecule is OCc1ccc(C2CC(=Nc3ccccc3)N2c2ccccc2)cc1. The van der Waals surface area contributed by atoms with E-state index in [2.05, 4.69) is 41.3 Å². The van der Waals surface area contributed by atoms with Crippen LogP contribution < -0.4 is 4.90 Å². The van der Waals surface area contributed by atoms with E-state index in [1.54, 1.807) is 0 Å². The molecule has 0 aliphatic carbocycles. The average Bonchev–Trinajstić information content (AvgIpc) is 2.67. The molecule has 0 amide bonds. The first-order valence-electron chi connectivity index (χ1n) is 8.52. The van der Waals surface area contributed by atoms with Gasteiger partial charge in [-0.2, -0.15) is 0 Å². The lowest BCUT2D eigenvalue weighted by Crippen LogP contribution is -2.46. The van der Waals surface area contributed by atoms with Crippen LogP contribution in [-0.4, -0.2) is 10.9 Å². The average molecular weight is 328 g/mol. The molecule has 0 radical (unpaired) electrons. The second-order valence-corrected chi connectivity index (χ2v) is 6.19. The Labute approximate surface area is 147 Å². The summed E-state index contributed by atoms with van der Waals surface area (Å²) < 4.78 is 0. The minimum Gasteiger partial charge on any atom is -0.392 e. The van der Waals surface area contributed by atoms with E-state index >= 15 is 0 Å². The second-order valence-electron chi connectivity index (χ2n) is 6.19. The summed E-state index contributed by atoms with van der Waals surface area (Å²) in [6.07, 6.45) is 0.905. The van der Waals surface area contributed by atoms with Crippen LogP contribution in [0.15, 0.2) is 89.9 Å². The molecule has 0 aromatic heterocycles. The topological polar surface area (TPSA) is 35.8 Å². The van der Waals surface area contributed by atoms with Gasteiger partial charge in [-0.15, -0.1) is 0 Å². The molecule has 0 spiro atoms. The predicted octanol–water partition coefficient (Wildman–Crippen LogP) is 4.86. The van der Waals surface area contributed by atoms with Crippen LogP contribution in [-0.2, 0) is 6.61 Å². The highest BCUT2D eigenvalue weighted by Crippen LogP contribution is 2.40. The molecule has 1 heterocycles. The van der Waals surface area contributed by atoms with Crippen molar-refractivity contribution in [3.8, 4) is 0 Å².